The molecular formula is H4NaO4PS. The monoisotopic (exact) mass is 154 g/mol. The molecule has 0 atom stereocenters. The molecule has 1 fully saturated rings. The van der Waals surface area contributed by atoms with Crippen molar-refractivity contribution in [1.82, 2.24) is 0 Å². The molecule has 1 heterocycles. The third-order valence-corrected chi connectivity index (χ3v) is 2.47. The van der Waals surface area contributed by atoms with E-state index in [9.17, 15) is 0 Å². The molecule has 0 amide bonds. The first-order valence-corrected chi connectivity index (χ1v) is 4.49. The molecule has 1 saturated heterocycles. The van der Waals surface area contributed by atoms with Crippen LogP contribution < -0.4 is 29.6 Å². The Morgan fingerprint density at radius 1 is 1.43 bits per heavy atom. The van der Waals surface area contributed by atoms with Crippen LogP contribution in [0.3, 0.4) is 0 Å². The van der Waals surface area contributed by atoms with E-state index >= 15 is 0 Å². The van der Waals surface area contributed by atoms with Gasteiger partial charge in [0.2, 0.25) is 0 Å². The molecule has 3 N–H and O–H groups in total. The van der Waals surface area contributed by atoms with E-state index in [2.05, 4.69) is 3.97 Å². The molecular weight excluding hydrogens is 150 g/mol. The standard InChI is InChI=1S/Na.H3O4PS.H/c;1-5(2,3)4-6-5;/h;1-3H;/q+1;;-1. The van der Waals surface area contributed by atoms with E-state index in [0.29, 0.717) is 11.7 Å². The van der Waals surface area contributed by atoms with Crippen molar-refractivity contribution in [2.24, 2.45) is 0 Å². The van der Waals surface area contributed by atoms with Gasteiger partial charge in [-0.3, -0.25) is 0 Å². The van der Waals surface area contributed by atoms with Crippen molar-refractivity contribution < 1.29 is 49.6 Å². The largest absolute Gasteiger partial charge is 1.00 e. The summed E-state index contributed by atoms with van der Waals surface area (Å²) in [5, 5.41) is 0. The molecule has 0 aromatic rings. The van der Waals surface area contributed by atoms with Crippen LogP contribution in [0, 0.1) is 0 Å². The number of rotatable bonds is 0. The fourth-order valence-electron chi connectivity index (χ4n) is 0.0447. The molecule has 4 nitrogen and oxygen atoms in total. The zero-order chi connectivity index (χ0) is 4.86. The van der Waals surface area contributed by atoms with Gasteiger partial charge in [-0.25, -0.2) is 0 Å². The van der Waals surface area contributed by atoms with Crippen LogP contribution in [0.2, 0.25) is 0 Å². The Hall–Kier alpha value is 1.62. The molecule has 0 spiro atoms. The van der Waals surface area contributed by atoms with Crippen molar-refractivity contribution in [1.29, 1.82) is 0 Å². The first-order valence-electron chi connectivity index (χ1n) is 1.13. The van der Waals surface area contributed by atoms with Crippen LogP contribution >= 0.6 is 18.4 Å². The van der Waals surface area contributed by atoms with Crippen molar-refractivity contribution in [3.8, 4) is 0 Å². The van der Waals surface area contributed by atoms with Gasteiger partial charge >= 0.3 is 66.6 Å². The predicted octanol–water partition coefficient (Wildman–Crippen LogP) is -3.11. The van der Waals surface area contributed by atoms with Crippen LogP contribution in [0.15, 0.2) is 0 Å². The summed E-state index contributed by atoms with van der Waals surface area (Å²) in [6, 6.07) is 0. The average molecular weight is 154 g/mol. The first kappa shape index (κ1) is 8.62. The van der Waals surface area contributed by atoms with E-state index in [1.807, 2.05) is 0 Å². The van der Waals surface area contributed by atoms with Crippen LogP contribution in [0.5, 0.6) is 0 Å². The van der Waals surface area contributed by atoms with Crippen molar-refractivity contribution in [2.45, 2.75) is 0 Å². The van der Waals surface area contributed by atoms with Crippen molar-refractivity contribution >= 4 is 18.4 Å². The molecule has 0 unspecified atom stereocenters. The van der Waals surface area contributed by atoms with Crippen LogP contribution in [-0.2, 0) is 3.97 Å². The van der Waals surface area contributed by atoms with Gasteiger partial charge in [0.05, 0.1) is 0 Å². The summed E-state index contributed by atoms with van der Waals surface area (Å²) < 4.78 is 3.80. The van der Waals surface area contributed by atoms with E-state index in [0.717, 1.165) is 0 Å². The third kappa shape index (κ3) is 3.24. The summed E-state index contributed by atoms with van der Waals surface area (Å²) in [5.74, 6) is 0. The smallest absolute Gasteiger partial charge is 1.00 e. The molecule has 1 aliphatic rings. The maximum Gasteiger partial charge on any atom is 1.00 e. The van der Waals surface area contributed by atoms with Gasteiger partial charge in [-0.15, -0.1) is 0 Å². The maximum absolute atomic E-state index is 8.08. The molecule has 7 heavy (non-hydrogen) atoms. The van der Waals surface area contributed by atoms with E-state index in [4.69, 9.17) is 14.7 Å². The summed E-state index contributed by atoms with van der Waals surface area (Å²) >= 11 is 0.325. The Labute approximate surface area is 67.9 Å². The molecule has 1 rings (SSSR count). The van der Waals surface area contributed by atoms with Crippen LogP contribution in [0.25, 0.3) is 0 Å². The zero-order valence-corrected chi connectivity index (χ0v) is 7.32. The Morgan fingerprint density at radius 3 is 1.57 bits per heavy atom. The third-order valence-electron chi connectivity index (χ3n) is 0.275. The minimum absolute atomic E-state index is 0. The van der Waals surface area contributed by atoms with Crippen molar-refractivity contribution in [3.63, 3.8) is 0 Å². The zero-order valence-electron chi connectivity index (χ0n) is 4.61. The summed E-state index contributed by atoms with van der Waals surface area (Å²) in [6.07, 6.45) is 0. The number of hydrogen-bond acceptors (Lipinski definition) is 5. The van der Waals surface area contributed by atoms with Gasteiger partial charge < -0.3 is 1.43 Å². The topological polar surface area (TPSA) is 73.2 Å². The van der Waals surface area contributed by atoms with Crippen LogP contribution in [-0.4, -0.2) is 14.7 Å². The summed E-state index contributed by atoms with van der Waals surface area (Å²) in [7, 11) is 0. The Kier molecular flexibility index (Phi) is 2.22. The minimum atomic E-state index is -4.38. The van der Waals surface area contributed by atoms with Crippen LogP contribution in [0.4, 0.5) is 0 Å². The minimum Gasteiger partial charge on any atom is -1.00 e. The quantitative estimate of drug-likeness (QED) is 0.149. The molecule has 0 bridgehead atoms. The van der Waals surface area contributed by atoms with Gasteiger partial charge in [-0.1, -0.05) is 0 Å². The van der Waals surface area contributed by atoms with Crippen molar-refractivity contribution in [3.05, 3.63) is 0 Å². The van der Waals surface area contributed by atoms with Gasteiger partial charge in [0.15, 0.2) is 0 Å². The first-order chi connectivity index (χ1) is 2.47. The summed E-state index contributed by atoms with van der Waals surface area (Å²) in [6.45, 7) is -4.38. The van der Waals surface area contributed by atoms with E-state index < -0.39 is 6.71 Å². The average Bonchev–Trinajstić information content (AvgIpc) is 1.73. The maximum atomic E-state index is 8.08. The Bertz CT molecular complexity index is 79.8. The van der Waals surface area contributed by atoms with Crippen LogP contribution in [0.1, 0.15) is 1.43 Å². The van der Waals surface area contributed by atoms with E-state index in [-0.39, 0.29) is 31.0 Å². The molecule has 40 valence electrons. The van der Waals surface area contributed by atoms with E-state index in [1.165, 1.54) is 0 Å². The summed E-state index contributed by atoms with van der Waals surface area (Å²) in [4.78, 5) is 24.2. The molecule has 1 aliphatic heterocycles. The summed E-state index contributed by atoms with van der Waals surface area (Å²) in [5.41, 5.74) is 0. The Morgan fingerprint density at radius 2 is 1.57 bits per heavy atom. The predicted molar refractivity (Wildman–Crippen MR) is 23.4 cm³/mol. The molecule has 0 saturated carbocycles. The van der Waals surface area contributed by atoms with Gasteiger partial charge in [0.25, 0.3) is 0 Å². The Balaban J connectivity index is 0. The SMILES string of the molecule is OP1(O)(O)OS1.[H-].[Na+]. The van der Waals surface area contributed by atoms with Gasteiger partial charge in [-0.05, 0) is 0 Å². The van der Waals surface area contributed by atoms with Gasteiger partial charge in [0.1, 0.15) is 0 Å². The second kappa shape index (κ2) is 1.80. The molecule has 0 radical (unpaired) electrons. The van der Waals surface area contributed by atoms with Gasteiger partial charge in [-0.2, -0.15) is 0 Å². The molecule has 0 aromatic carbocycles. The molecule has 0 aliphatic carbocycles. The second-order valence-corrected chi connectivity index (χ2v) is 5.76. The molecule has 7 heteroatoms. The van der Waals surface area contributed by atoms with Crippen molar-refractivity contribution in [2.75, 3.05) is 0 Å². The fraction of sp³-hybridized carbons (Fsp3) is 0. The normalized spacial score (nSPS) is 36.7. The van der Waals surface area contributed by atoms with E-state index in [1.54, 1.807) is 0 Å². The fourth-order valence-corrected chi connectivity index (χ4v) is 1.21. The second-order valence-electron chi connectivity index (χ2n) is 0.982. The van der Waals surface area contributed by atoms with Gasteiger partial charge in [0, 0.05) is 0 Å². The number of hydrogen-bond donors (Lipinski definition) is 3. The molecule has 0 aromatic heterocycles.